The number of methoxy groups -OCH3 is 1. The molecular weight excluding hydrogens is 306 g/mol. The molecule has 0 N–H and O–H groups in total. The van der Waals surface area contributed by atoms with E-state index in [9.17, 15) is 13.2 Å². The average molecular weight is 327 g/mol. The first-order valence-electron chi connectivity index (χ1n) is 7.10. The summed E-state index contributed by atoms with van der Waals surface area (Å²) in [7, 11) is -2.20. The number of carbonyl (C=O) groups excluding carboxylic acids is 1. The molecule has 0 aromatic heterocycles. The predicted molar refractivity (Wildman–Crippen MR) is 82.3 cm³/mol. The van der Waals surface area contributed by atoms with Gasteiger partial charge in [0.05, 0.1) is 13.4 Å². The molecule has 1 aromatic rings. The molecule has 0 heterocycles. The van der Waals surface area contributed by atoms with E-state index in [-0.39, 0.29) is 11.7 Å². The summed E-state index contributed by atoms with van der Waals surface area (Å²) in [5.41, 5.74) is 0.801. The highest BCUT2D eigenvalue weighted by molar-refractivity contribution is 7.86. The number of benzene rings is 1. The molecule has 1 aliphatic rings. The molecule has 0 radical (unpaired) electrons. The molecule has 1 aromatic carbocycles. The van der Waals surface area contributed by atoms with Crippen molar-refractivity contribution < 1.29 is 22.1 Å². The fraction of sp³-hybridized carbons (Fsp3) is 0.533. The minimum absolute atomic E-state index is 0.00768. The van der Waals surface area contributed by atoms with E-state index in [2.05, 4.69) is 0 Å². The first-order valence-corrected chi connectivity index (χ1v) is 8.92. The van der Waals surface area contributed by atoms with Crippen molar-refractivity contribution in [1.29, 1.82) is 0 Å². The monoisotopic (exact) mass is 327 g/mol. The van der Waals surface area contributed by atoms with Crippen LogP contribution in [0.5, 0.6) is 11.5 Å². The number of amides is 1. The van der Waals surface area contributed by atoms with Gasteiger partial charge in [0.1, 0.15) is 0 Å². The number of carbonyl (C=O) groups is 1. The maximum atomic E-state index is 11.7. The summed E-state index contributed by atoms with van der Waals surface area (Å²) >= 11 is 0. The molecule has 7 heteroatoms. The van der Waals surface area contributed by atoms with Crippen LogP contribution in [-0.4, -0.2) is 39.1 Å². The summed E-state index contributed by atoms with van der Waals surface area (Å²) in [5, 5.41) is 0. The molecule has 1 fully saturated rings. The lowest BCUT2D eigenvalue weighted by atomic mass is 10.2. The summed E-state index contributed by atoms with van der Waals surface area (Å²) in [6.45, 7) is 2.71. The van der Waals surface area contributed by atoms with Gasteiger partial charge in [-0.05, 0) is 36.5 Å². The topological polar surface area (TPSA) is 72.9 Å². The summed E-state index contributed by atoms with van der Waals surface area (Å²) in [5.74, 6) is 1.07. The van der Waals surface area contributed by atoms with E-state index in [1.165, 1.54) is 7.11 Å². The van der Waals surface area contributed by atoms with Crippen LogP contribution in [0.25, 0.3) is 0 Å². The second kappa shape index (κ2) is 6.56. The zero-order chi connectivity index (χ0) is 16.3. The van der Waals surface area contributed by atoms with Gasteiger partial charge in [0.25, 0.3) is 0 Å². The molecule has 0 saturated heterocycles. The van der Waals surface area contributed by atoms with Crippen LogP contribution < -0.4 is 8.92 Å². The summed E-state index contributed by atoms with van der Waals surface area (Å²) in [6.07, 6.45) is 3.30. The maximum Gasteiger partial charge on any atom is 0.306 e. The molecule has 22 heavy (non-hydrogen) atoms. The highest BCUT2D eigenvalue weighted by atomic mass is 32.2. The minimum atomic E-state index is -3.64. The van der Waals surface area contributed by atoms with Crippen molar-refractivity contribution in [3.05, 3.63) is 23.8 Å². The maximum absolute atomic E-state index is 11.7. The van der Waals surface area contributed by atoms with E-state index >= 15 is 0 Å². The zero-order valence-corrected chi connectivity index (χ0v) is 13.9. The average Bonchev–Trinajstić information content (AvgIpc) is 3.20. The molecule has 6 nitrogen and oxygen atoms in total. The van der Waals surface area contributed by atoms with Crippen LogP contribution in [0, 0.1) is 5.92 Å². The van der Waals surface area contributed by atoms with Crippen LogP contribution in [-0.2, 0) is 21.5 Å². The van der Waals surface area contributed by atoms with Gasteiger partial charge in [0, 0.05) is 20.0 Å². The summed E-state index contributed by atoms with van der Waals surface area (Å²) in [4.78, 5) is 13.5. The lowest BCUT2D eigenvalue weighted by Gasteiger charge is -2.21. The number of nitrogens with zero attached hydrogens (tertiary/aromatic N) is 1. The van der Waals surface area contributed by atoms with Crippen LogP contribution in [0.1, 0.15) is 25.3 Å². The third kappa shape index (κ3) is 4.91. The molecular formula is C15H21NO5S. The van der Waals surface area contributed by atoms with Gasteiger partial charge in [0.15, 0.2) is 11.5 Å². The second-order valence-corrected chi connectivity index (χ2v) is 7.19. The van der Waals surface area contributed by atoms with Crippen LogP contribution in [0.4, 0.5) is 0 Å². The first-order chi connectivity index (χ1) is 10.3. The molecule has 122 valence electrons. The third-order valence-electron chi connectivity index (χ3n) is 3.46. The van der Waals surface area contributed by atoms with Gasteiger partial charge in [0.2, 0.25) is 5.91 Å². The van der Waals surface area contributed by atoms with Crippen LogP contribution in [0.15, 0.2) is 18.2 Å². The van der Waals surface area contributed by atoms with Crippen molar-refractivity contribution >= 4 is 16.0 Å². The summed E-state index contributed by atoms with van der Waals surface area (Å²) in [6, 6.07) is 5.05. The smallest absolute Gasteiger partial charge is 0.306 e. The third-order valence-corrected chi connectivity index (χ3v) is 3.95. The molecule has 2 rings (SSSR count). The normalized spacial score (nSPS) is 14.5. The Morgan fingerprint density at radius 2 is 2.00 bits per heavy atom. The van der Waals surface area contributed by atoms with Crippen LogP contribution in [0.2, 0.25) is 0 Å². The van der Waals surface area contributed by atoms with Gasteiger partial charge in [-0.25, -0.2) is 0 Å². The van der Waals surface area contributed by atoms with Crippen LogP contribution in [0.3, 0.4) is 0 Å². The van der Waals surface area contributed by atoms with E-state index in [1.807, 2.05) is 0 Å². The van der Waals surface area contributed by atoms with Crippen molar-refractivity contribution in [2.24, 2.45) is 5.92 Å². The summed E-state index contributed by atoms with van der Waals surface area (Å²) < 4.78 is 32.7. The number of rotatable bonds is 7. The van der Waals surface area contributed by atoms with E-state index in [0.29, 0.717) is 18.2 Å². The lowest BCUT2D eigenvalue weighted by Crippen LogP contribution is -2.30. The Labute approximate surface area is 131 Å². The standard InChI is InChI=1S/C15H21NO5S/c1-11(17)16(9-12-4-5-12)10-13-6-7-14(20-2)15(8-13)21-22(3,18)19/h6-8,12H,4-5,9-10H2,1-3H3. The van der Waals surface area contributed by atoms with E-state index in [4.69, 9.17) is 8.92 Å². The Balaban J connectivity index is 2.19. The molecule has 0 aliphatic heterocycles. The fourth-order valence-corrected chi connectivity index (χ4v) is 2.64. The number of ether oxygens (including phenoxy) is 1. The molecule has 0 bridgehead atoms. The molecule has 1 aliphatic carbocycles. The molecule has 0 spiro atoms. The molecule has 1 saturated carbocycles. The van der Waals surface area contributed by atoms with E-state index < -0.39 is 10.1 Å². The largest absolute Gasteiger partial charge is 0.493 e. The van der Waals surface area contributed by atoms with E-state index in [0.717, 1.165) is 31.2 Å². The van der Waals surface area contributed by atoms with Crippen molar-refractivity contribution in [2.45, 2.75) is 26.3 Å². The molecule has 0 atom stereocenters. The van der Waals surface area contributed by atoms with Crippen LogP contribution >= 0.6 is 0 Å². The van der Waals surface area contributed by atoms with Gasteiger partial charge in [-0.1, -0.05) is 6.07 Å². The van der Waals surface area contributed by atoms with Gasteiger partial charge < -0.3 is 13.8 Å². The Hall–Kier alpha value is -1.76. The zero-order valence-electron chi connectivity index (χ0n) is 13.0. The molecule has 1 amide bonds. The van der Waals surface area contributed by atoms with E-state index in [1.54, 1.807) is 30.0 Å². The Morgan fingerprint density at radius 1 is 1.32 bits per heavy atom. The highest BCUT2D eigenvalue weighted by Crippen LogP contribution is 2.32. The second-order valence-electron chi connectivity index (χ2n) is 5.62. The lowest BCUT2D eigenvalue weighted by molar-refractivity contribution is -0.129. The van der Waals surface area contributed by atoms with Crippen molar-refractivity contribution in [1.82, 2.24) is 4.90 Å². The number of hydrogen-bond acceptors (Lipinski definition) is 5. The van der Waals surface area contributed by atoms with Crippen molar-refractivity contribution in [3.8, 4) is 11.5 Å². The Bertz CT molecular complexity index is 652. The quantitative estimate of drug-likeness (QED) is 0.714. The van der Waals surface area contributed by atoms with Gasteiger partial charge in [-0.2, -0.15) is 8.42 Å². The molecule has 0 unspecified atom stereocenters. The number of hydrogen-bond donors (Lipinski definition) is 0. The predicted octanol–water partition coefficient (Wildman–Crippen LogP) is 1.79. The van der Waals surface area contributed by atoms with Crippen molar-refractivity contribution in [2.75, 3.05) is 19.9 Å². The minimum Gasteiger partial charge on any atom is -0.493 e. The fourth-order valence-electron chi connectivity index (χ4n) is 2.18. The van der Waals surface area contributed by atoms with Gasteiger partial charge >= 0.3 is 10.1 Å². The highest BCUT2D eigenvalue weighted by Gasteiger charge is 2.25. The van der Waals surface area contributed by atoms with Gasteiger partial charge in [-0.3, -0.25) is 4.79 Å². The Kier molecular flexibility index (Phi) is 4.95. The Morgan fingerprint density at radius 3 is 2.50 bits per heavy atom. The first kappa shape index (κ1) is 16.6. The SMILES string of the molecule is COc1ccc(CN(CC2CC2)C(C)=O)cc1OS(C)(=O)=O. The van der Waals surface area contributed by atoms with Crippen molar-refractivity contribution in [3.63, 3.8) is 0 Å². The van der Waals surface area contributed by atoms with Gasteiger partial charge in [-0.15, -0.1) is 0 Å².